The summed E-state index contributed by atoms with van der Waals surface area (Å²) in [5, 5.41) is 7.17. The summed E-state index contributed by atoms with van der Waals surface area (Å²) < 4.78 is 0. The Morgan fingerprint density at radius 2 is 2.16 bits per heavy atom. The summed E-state index contributed by atoms with van der Waals surface area (Å²) in [5.74, 6) is 0.947. The monoisotopic (exact) mass is 280 g/mol. The molecule has 1 atom stereocenters. The molecule has 0 spiro atoms. The number of rotatable bonds is 7. The first-order valence-electron chi connectivity index (χ1n) is 7.92. The van der Waals surface area contributed by atoms with E-state index >= 15 is 0 Å². The largest absolute Gasteiger partial charge is 0.314 e. The molecule has 0 aliphatic heterocycles. The van der Waals surface area contributed by atoms with Crippen molar-refractivity contribution in [1.29, 1.82) is 0 Å². The molecular weight excluding hydrogens is 252 g/mol. The molecule has 1 aromatic heterocycles. The molecule has 1 saturated carbocycles. The van der Waals surface area contributed by atoms with Crippen molar-refractivity contribution in [3.05, 3.63) is 16.1 Å². The number of nitrogens with one attached hydrogen (secondary N) is 1. The quantitative estimate of drug-likeness (QED) is 0.804. The van der Waals surface area contributed by atoms with E-state index in [-0.39, 0.29) is 0 Å². The van der Waals surface area contributed by atoms with E-state index < -0.39 is 0 Å². The second-order valence-electron chi connectivity index (χ2n) is 5.95. The second-order valence-corrected chi connectivity index (χ2v) is 7.01. The van der Waals surface area contributed by atoms with Gasteiger partial charge in [-0.2, -0.15) is 0 Å². The molecule has 1 fully saturated rings. The molecule has 1 N–H and O–H groups in total. The molecule has 1 aliphatic rings. The Balaban J connectivity index is 1.86. The molecule has 108 valence electrons. The van der Waals surface area contributed by atoms with Gasteiger partial charge in [-0.1, -0.05) is 39.0 Å². The van der Waals surface area contributed by atoms with E-state index in [2.05, 4.69) is 29.5 Å². The molecular formula is C16H28N2S. The minimum atomic E-state index is 0.629. The minimum Gasteiger partial charge on any atom is -0.314 e. The maximum Gasteiger partial charge on any atom is 0.0897 e. The molecule has 19 heavy (non-hydrogen) atoms. The first kappa shape index (κ1) is 15.0. The van der Waals surface area contributed by atoms with E-state index in [4.69, 9.17) is 0 Å². The van der Waals surface area contributed by atoms with Gasteiger partial charge in [0, 0.05) is 17.8 Å². The molecule has 1 heterocycles. The number of aromatic nitrogens is 1. The van der Waals surface area contributed by atoms with Crippen LogP contribution in [0.15, 0.2) is 5.38 Å². The van der Waals surface area contributed by atoms with Crippen molar-refractivity contribution < 1.29 is 0 Å². The van der Waals surface area contributed by atoms with Crippen LogP contribution in [-0.2, 0) is 6.42 Å². The summed E-state index contributed by atoms with van der Waals surface area (Å²) in [7, 11) is 0. The number of hydrogen-bond acceptors (Lipinski definition) is 3. The van der Waals surface area contributed by atoms with Gasteiger partial charge >= 0.3 is 0 Å². The predicted octanol–water partition coefficient (Wildman–Crippen LogP) is 4.33. The molecule has 1 unspecified atom stereocenters. The first-order chi connectivity index (χ1) is 9.28. The lowest BCUT2D eigenvalue weighted by molar-refractivity contribution is 0.296. The fraction of sp³-hybridized carbons (Fsp3) is 0.812. The average molecular weight is 280 g/mol. The van der Waals surface area contributed by atoms with E-state index in [0.29, 0.717) is 6.04 Å². The normalized spacial score (nSPS) is 18.6. The zero-order valence-corrected chi connectivity index (χ0v) is 13.3. The molecule has 0 radical (unpaired) electrons. The van der Waals surface area contributed by atoms with Crippen molar-refractivity contribution in [3.63, 3.8) is 0 Å². The Morgan fingerprint density at radius 1 is 1.37 bits per heavy atom. The van der Waals surface area contributed by atoms with Crippen LogP contribution in [0, 0.1) is 12.8 Å². The van der Waals surface area contributed by atoms with Gasteiger partial charge in [-0.15, -0.1) is 11.3 Å². The van der Waals surface area contributed by atoms with Crippen LogP contribution in [0.4, 0.5) is 0 Å². The van der Waals surface area contributed by atoms with Crippen molar-refractivity contribution in [2.75, 3.05) is 6.54 Å². The highest BCUT2D eigenvalue weighted by molar-refractivity contribution is 7.09. The van der Waals surface area contributed by atoms with Gasteiger partial charge in [-0.25, -0.2) is 4.98 Å². The van der Waals surface area contributed by atoms with Crippen LogP contribution in [-0.4, -0.2) is 17.6 Å². The van der Waals surface area contributed by atoms with Crippen LogP contribution in [0.25, 0.3) is 0 Å². The molecule has 1 aliphatic carbocycles. The van der Waals surface area contributed by atoms with Gasteiger partial charge in [0.15, 0.2) is 0 Å². The zero-order chi connectivity index (χ0) is 13.5. The molecule has 0 aromatic carbocycles. The molecule has 0 amide bonds. The molecule has 2 rings (SSSR count). The number of nitrogens with zero attached hydrogens (tertiary/aromatic N) is 1. The number of hydrogen-bond donors (Lipinski definition) is 1. The smallest absolute Gasteiger partial charge is 0.0897 e. The Kier molecular flexibility index (Phi) is 6.32. The molecule has 1 aromatic rings. The highest BCUT2D eigenvalue weighted by Gasteiger charge is 2.19. The Bertz CT molecular complexity index is 355. The summed E-state index contributed by atoms with van der Waals surface area (Å²) in [6, 6.07) is 0.629. The van der Waals surface area contributed by atoms with Crippen LogP contribution in [0.5, 0.6) is 0 Å². The summed E-state index contributed by atoms with van der Waals surface area (Å²) >= 11 is 1.78. The molecule has 3 heteroatoms. The highest BCUT2D eigenvalue weighted by atomic mass is 32.1. The van der Waals surface area contributed by atoms with Gasteiger partial charge in [0.1, 0.15) is 0 Å². The SMILES string of the molecule is CCCNC(Cc1csc(C)n1)CC1CCCCC1. The highest BCUT2D eigenvalue weighted by Crippen LogP contribution is 2.28. The minimum absolute atomic E-state index is 0.629. The standard InChI is InChI=1S/C16H28N2S/c1-3-9-17-15(10-14-7-5-4-6-8-14)11-16-12-19-13(2)18-16/h12,14-15,17H,3-11H2,1-2H3. The van der Waals surface area contributed by atoms with E-state index in [9.17, 15) is 0 Å². The fourth-order valence-electron chi connectivity index (χ4n) is 3.17. The predicted molar refractivity (Wildman–Crippen MR) is 83.8 cm³/mol. The Morgan fingerprint density at radius 3 is 2.79 bits per heavy atom. The van der Waals surface area contributed by atoms with Gasteiger partial charge in [-0.05, 0) is 32.2 Å². The van der Waals surface area contributed by atoms with Gasteiger partial charge in [0.05, 0.1) is 10.7 Å². The van der Waals surface area contributed by atoms with Crippen molar-refractivity contribution >= 4 is 11.3 Å². The number of thiazole rings is 1. The van der Waals surface area contributed by atoms with Gasteiger partial charge in [0.25, 0.3) is 0 Å². The summed E-state index contributed by atoms with van der Waals surface area (Å²) in [6.07, 6.45) is 10.9. The summed E-state index contributed by atoms with van der Waals surface area (Å²) in [4.78, 5) is 4.63. The lowest BCUT2D eigenvalue weighted by Crippen LogP contribution is -2.34. The van der Waals surface area contributed by atoms with Crippen LogP contribution in [0.1, 0.15) is 62.6 Å². The van der Waals surface area contributed by atoms with Crippen molar-refractivity contribution in [1.82, 2.24) is 10.3 Å². The molecule has 2 nitrogen and oxygen atoms in total. The van der Waals surface area contributed by atoms with Gasteiger partial charge < -0.3 is 5.32 Å². The molecule has 0 bridgehead atoms. The van der Waals surface area contributed by atoms with Gasteiger partial charge in [0.2, 0.25) is 0 Å². The topological polar surface area (TPSA) is 24.9 Å². The lowest BCUT2D eigenvalue weighted by atomic mass is 9.84. The van der Waals surface area contributed by atoms with Crippen molar-refractivity contribution in [3.8, 4) is 0 Å². The van der Waals surface area contributed by atoms with E-state index in [1.165, 1.54) is 55.6 Å². The summed E-state index contributed by atoms with van der Waals surface area (Å²) in [6.45, 7) is 5.49. The fourth-order valence-corrected chi connectivity index (χ4v) is 3.79. The molecule has 0 saturated heterocycles. The van der Waals surface area contributed by atoms with E-state index in [1.54, 1.807) is 11.3 Å². The van der Waals surface area contributed by atoms with Crippen molar-refractivity contribution in [2.24, 2.45) is 5.92 Å². The van der Waals surface area contributed by atoms with Crippen LogP contribution in [0.2, 0.25) is 0 Å². The van der Waals surface area contributed by atoms with E-state index in [1.807, 2.05) is 0 Å². The average Bonchev–Trinajstić information content (AvgIpc) is 2.82. The Hall–Kier alpha value is -0.410. The zero-order valence-electron chi connectivity index (χ0n) is 12.5. The number of aryl methyl sites for hydroxylation is 1. The lowest BCUT2D eigenvalue weighted by Gasteiger charge is -2.27. The maximum atomic E-state index is 4.63. The summed E-state index contributed by atoms with van der Waals surface area (Å²) in [5.41, 5.74) is 1.28. The first-order valence-corrected chi connectivity index (χ1v) is 8.80. The second kappa shape index (κ2) is 8.01. The van der Waals surface area contributed by atoms with Crippen molar-refractivity contribution in [2.45, 2.75) is 71.3 Å². The third-order valence-electron chi connectivity index (χ3n) is 4.15. The van der Waals surface area contributed by atoms with E-state index in [0.717, 1.165) is 18.9 Å². The van der Waals surface area contributed by atoms with Crippen LogP contribution < -0.4 is 5.32 Å². The third kappa shape index (κ3) is 5.23. The third-order valence-corrected chi connectivity index (χ3v) is 4.97. The van der Waals surface area contributed by atoms with Crippen LogP contribution >= 0.6 is 11.3 Å². The van der Waals surface area contributed by atoms with Crippen LogP contribution in [0.3, 0.4) is 0 Å². The Labute approximate surface area is 122 Å². The van der Waals surface area contributed by atoms with Gasteiger partial charge in [-0.3, -0.25) is 0 Å². The maximum absolute atomic E-state index is 4.63.